The van der Waals surface area contributed by atoms with Crippen LogP contribution in [0.3, 0.4) is 0 Å². The number of allylic oxidation sites excluding steroid dienone is 1. The Balaban J connectivity index is 2.20. The molecule has 0 radical (unpaired) electrons. The summed E-state index contributed by atoms with van der Waals surface area (Å²) in [5.74, 6) is -0.00209. The van der Waals surface area contributed by atoms with Crippen molar-refractivity contribution < 1.29 is 9.90 Å². The van der Waals surface area contributed by atoms with Gasteiger partial charge in [0.05, 0.1) is 9.21 Å². The van der Waals surface area contributed by atoms with Crippen LogP contribution in [0.2, 0.25) is 4.34 Å². The van der Waals surface area contributed by atoms with E-state index in [0.717, 1.165) is 4.47 Å². The quantitative estimate of drug-likeness (QED) is 0.644. The fourth-order valence-corrected chi connectivity index (χ4v) is 2.70. The van der Waals surface area contributed by atoms with Crippen LogP contribution in [0.1, 0.15) is 15.2 Å². The second-order valence-electron chi connectivity index (χ2n) is 3.50. The topological polar surface area (TPSA) is 37.3 Å². The number of benzene rings is 1. The third kappa shape index (κ3) is 3.22. The van der Waals surface area contributed by atoms with Gasteiger partial charge in [0.1, 0.15) is 5.75 Å². The molecule has 0 amide bonds. The summed E-state index contributed by atoms with van der Waals surface area (Å²) in [6, 6.07) is 8.40. The van der Waals surface area contributed by atoms with Gasteiger partial charge in [-0.05, 0) is 42.5 Å². The van der Waals surface area contributed by atoms with Crippen molar-refractivity contribution in [1.29, 1.82) is 0 Å². The molecule has 2 rings (SSSR count). The van der Waals surface area contributed by atoms with Gasteiger partial charge in [-0.1, -0.05) is 27.5 Å². The molecule has 2 aromatic rings. The first kappa shape index (κ1) is 13.3. The lowest BCUT2D eigenvalue weighted by Crippen LogP contribution is -1.88. The Morgan fingerprint density at radius 2 is 2.11 bits per heavy atom. The van der Waals surface area contributed by atoms with Crippen LogP contribution in [0.25, 0.3) is 6.08 Å². The zero-order valence-corrected chi connectivity index (χ0v) is 12.2. The van der Waals surface area contributed by atoms with Crippen LogP contribution in [-0.2, 0) is 0 Å². The maximum absolute atomic E-state index is 11.8. The van der Waals surface area contributed by atoms with Crippen molar-refractivity contribution in [1.82, 2.24) is 0 Å². The highest BCUT2D eigenvalue weighted by Gasteiger charge is 2.05. The summed E-state index contributed by atoms with van der Waals surface area (Å²) < 4.78 is 1.42. The Bertz CT molecular complexity index is 619. The van der Waals surface area contributed by atoms with E-state index in [1.54, 1.807) is 36.4 Å². The van der Waals surface area contributed by atoms with E-state index in [9.17, 15) is 9.90 Å². The summed E-state index contributed by atoms with van der Waals surface area (Å²) in [4.78, 5) is 12.4. The number of ketones is 1. The Morgan fingerprint density at radius 1 is 1.33 bits per heavy atom. The van der Waals surface area contributed by atoms with Crippen molar-refractivity contribution >= 4 is 50.7 Å². The summed E-state index contributed by atoms with van der Waals surface area (Å²) >= 11 is 10.3. The van der Waals surface area contributed by atoms with Gasteiger partial charge in [0.15, 0.2) is 5.78 Å². The number of thiophene rings is 1. The van der Waals surface area contributed by atoms with E-state index < -0.39 is 0 Å². The molecule has 1 heterocycles. The number of hydrogen-bond donors (Lipinski definition) is 1. The van der Waals surface area contributed by atoms with Gasteiger partial charge in [-0.15, -0.1) is 11.3 Å². The van der Waals surface area contributed by atoms with Crippen molar-refractivity contribution in [3.8, 4) is 5.75 Å². The van der Waals surface area contributed by atoms with Crippen LogP contribution in [0, 0.1) is 0 Å². The van der Waals surface area contributed by atoms with Crippen LogP contribution in [0.4, 0.5) is 0 Å². The molecule has 0 spiro atoms. The molecule has 18 heavy (non-hydrogen) atoms. The fourth-order valence-electron chi connectivity index (χ4n) is 1.35. The molecule has 0 unspecified atom stereocenters. The summed E-state index contributed by atoms with van der Waals surface area (Å²) in [7, 11) is 0. The average Bonchev–Trinajstić information content (AvgIpc) is 2.77. The van der Waals surface area contributed by atoms with Gasteiger partial charge < -0.3 is 5.11 Å². The third-order valence-corrected chi connectivity index (χ3v) is 3.96. The van der Waals surface area contributed by atoms with E-state index in [1.165, 1.54) is 17.4 Å². The van der Waals surface area contributed by atoms with Crippen LogP contribution >= 0.6 is 38.9 Å². The van der Waals surface area contributed by atoms with Gasteiger partial charge in [-0.3, -0.25) is 4.79 Å². The number of rotatable bonds is 3. The number of halogens is 2. The summed E-state index contributed by atoms with van der Waals surface area (Å²) in [5.41, 5.74) is 0.584. The van der Waals surface area contributed by atoms with E-state index in [2.05, 4.69) is 15.9 Å². The highest BCUT2D eigenvalue weighted by atomic mass is 79.9. The molecule has 0 atom stereocenters. The molecule has 1 aromatic carbocycles. The van der Waals surface area contributed by atoms with Crippen LogP contribution in [0.15, 0.2) is 40.9 Å². The Morgan fingerprint density at radius 3 is 2.78 bits per heavy atom. The van der Waals surface area contributed by atoms with E-state index in [0.29, 0.717) is 14.8 Å². The van der Waals surface area contributed by atoms with Gasteiger partial charge in [0, 0.05) is 10.0 Å². The standard InChI is InChI=1S/C13H8BrClO2S/c14-9-2-4-10(16)8(7-9)1-3-11(17)12-5-6-13(15)18-12/h1-7,16H. The maximum Gasteiger partial charge on any atom is 0.195 e. The Kier molecular flexibility index (Phi) is 4.22. The van der Waals surface area contributed by atoms with Gasteiger partial charge in [-0.2, -0.15) is 0 Å². The minimum absolute atomic E-state index is 0.131. The second-order valence-corrected chi connectivity index (χ2v) is 6.14. The lowest BCUT2D eigenvalue weighted by Gasteiger charge is -1.99. The average molecular weight is 344 g/mol. The zero-order valence-electron chi connectivity index (χ0n) is 9.06. The number of aromatic hydroxyl groups is 1. The van der Waals surface area contributed by atoms with Gasteiger partial charge in [0.25, 0.3) is 0 Å². The molecule has 0 saturated heterocycles. The molecule has 0 fully saturated rings. The zero-order chi connectivity index (χ0) is 13.1. The predicted molar refractivity (Wildman–Crippen MR) is 78.5 cm³/mol. The highest BCUT2D eigenvalue weighted by Crippen LogP contribution is 2.25. The predicted octanol–water partition coefficient (Wildman–Crippen LogP) is 4.77. The number of hydrogen-bond acceptors (Lipinski definition) is 3. The lowest BCUT2D eigenvalue weighted by atomic mass is 10.1. The SMILES string of the molecule is O=C(C=Cc1cc(Br)ccc1O)c1ccc(Cl)s1. The molecular weight excluding hydrogens is 336 g/mol. The minimum atomic E-state index is -0.133. The van der Waals surface area contributed by atoms with E-state index in [4.69, 9.17) is 11.6 Å². The third-order valence-electron chi connectivity index (χ3n) is 2.22. The molecule has 92 valence electrons. The van der Waals surface area contributed by atoms with Crippen molar-refractivity contribution in [2.75, 3.05) is 0 Å². The molecule has 1 aromatic heterocycles. The molecule has 0 aliphatic carbocycles. The maximum atomic E-state index is 11.8. The van der Waals surface area contributed by atoms with Gasteiger partial charge in [-0.25, -0.2) is 0 Å². The first-order chi connectivity index (χ1) is 8.56. The smallest absolute Gasteiger partial charge is 0.195 e. The molecule has 0 bridgehead atoms. The Labute approximate surface area is 122 Å². The number of carbonyl (C=O) groups excluding carboxylic acids is 1. The molecular formula is C13H8BrClO2S. The van der Waals surface area contributed by atoms with Crippen LogP contribution in [-0.4, -0.2) is 10.9 Å². The lowest BCUT2D eigenvalue weighted by molar-refractivity contribution is 0.105. The molecule has 0 saturated carbocycles. The molecule has 0 aliphatic heterocycles. The number of phenolic OH excluding ortho intramolecular Hbond substituents is 1. The Hall–Kier alpha value is -1.10. The van der Waals surface area contributed by atoms with E-state index in [1.807, 2.05) is 0 Å². The normalized spacial score (nSPS) is 11.0. The van der Waals surface area contributed by atoms with Gasteiger partial charge >= 0.3 is 0 Å². The highest BCUT2D eigenvalue weighted by molar-refractivity contribution is 9.10. The minimum Gasteiger partial charge on any atom is -0.507 e. The van der Waals surface area contributed by atoms with Crippen molar-refractivity contribution in [2.45, 2.75) is 0 Å². The molecule has 5 heteroatoms. The van der Waals surface area contributed by atoms with Crippen molar-refractivity contribution in [2.24, 2.45) is 0 Å². The first-order valence-corrected chi connectivity index (χ1v) is 7.01. The van der Waals surface area contributed by atoms with Crippen molar-refractivity contribution in [3.05, 3.63) is 55.7 Å². The molecule has 2 nitrogen and oxygen atoms in total. The summed E-state index contributed by atoms with van der Waals surface area (Å²) in [5, 5.41) is 9.62. The van der Waals surface area contributed by atoms with Crippen LogP contribution < -0.4 is 0 Å². The monoisotopic (exact) mass is 342 g/mol. The largest absolute Gasteiger partial charge is 0.507 e. The van der Waals surface area contributed by atoms with Crippen molar-refractivity contribution in [3.63, 3.8) is 0 Å². The molecule has 0 aliphatic rings. The first-order valence-electron chi connectivity index (χ1n) is 5.02. The second kappa shape index (κ2) is 5.69. The van der Waals surface area contributed by atoms with E-state index >= 15 is 0 Å². The van der Waals surface area contributed by atoms with Crippen LogP contribution in [0.5, 0.6) is 5.75 Å². The number of phenols is 1. The fraction of sp³-hybridized carbons (Fsp3) is 0. The summed E-state index contributed by atoms with van der Waals surface area (Å²) in [6.07, 6.45) is 3.00. The molecule has 1 N–H and O–H groups in total. The van der Waals surface area contributed by atoms with Gasteiger partial charge in [0.2, 0.25) is 0 Å². The summed E-state index contributed by atoms with van der Waals surface area (Å²) in [6.45, 7) is 0. The number of carbonyl (C=O) groups is 1. The van der Waals surface area contributed by atoms with E-state index in [-0.39, 0.29) is 11.5 Å².